The van der Waals surface area contributed by atoms with Crippen LogP contribution in [0, 0.1) is 0 Å². The van der Waals surface area contributed by atoms with Crippen molar-refractivity contribution < 1.29 is 36.4 Å². The van der Waals surface area contributed by atoms with Gasteiger partial charge in [-0.25, -0.2) is 15.6 Å². The van der Waals surface area contributed by atoms with E-state index in [4.69, 9.17) is 15.1 Å². The molecule has 27 heavy (non-hydrogen) atoms. The summed E-state index contributed by atoms with van der Waals surface area (Å²) >= 11 is 0. The Morgan fingerprint density at radius 1 is 1.30 bits per heavy atom. The maximum absolute atomic E-state index is 12.6. The highest BCUT2D eigenvalue weighted by Crippen LogP contribution is 2.31. The largest absolute Gasteiger partial charge is 0.418 e. The Morgan fingerprint density at radius 3 is 2.59 bits per heavy atom. The van der Waals surface area contributed by atoms with Crippen molar-refractivity contribution in [2.45, 2.75) is 24.9 Å². The van der Waals surface area contributed by atoms with Crippen LogP contribution in [-0.4, -0.2) is 102 Å². The number of hydroxylamine groups is 2. The van der Waals surface area contributed by atoms with Crippen LogP contribution in [-0.2, 0) is 29.0 Å². The number of morpholine rings is 1. The minimum Gasteiger partial charge on any atom is -0.379 e. The third kappa shape index (κ3) is 4.36. The summed E-state index contributed by atoms with van der Waals surface area (Å²) in [4.78, 5) is 40.1. The number of urea groups is 1. The van der Waals surface area contributed by atoms with Crippen LogP contribution in [0.5, 0.6) is 0 Å². The van der Waals surface area contributed by atoms with E-state index in [0.717, 1.165) is 4.90 Å². The molecule has 3 saturated heterocycles. The van der Waals surface area contributed by atoms with Crippen molar-refractivity contribution in [1.29, 1.82) is 0 Å². The third-order valence-corrected chi connectivity index (χ3v) is 5.10. The number of ether oxygens (including phenoxy) is 1. The monoisotopic (exact) mass is 407 g/mol. The zero-order chi connectivity index (χ0) is 19.8. The van der Waals surface area contributed by atoms with Gasteiger partial charge in [0, 0.05) is 19.6 Å². The van der Waals surface area contributed by atoms with E-state index < -0.39 is 40.3 Å². The van der Waals surface area contributed by atoms with Crippen LogP contribution in [0.2, 0.25) is 0 Å². The molecule has 13 nitrogen and oxygen atoms in total. The first-order valence-corrected chi connectivity index (χ1v) is 9.72. The van der Waals surface area contributed by atoms with Gasteiger partial charge in [0.15, 0.2) is 0 Å². The first kappa shape index (κ1) is 19.9. The molecule has 3 aliphatic heterocycles. The van der Waals surface area contributed by atoms with Crippen molar-refractivity contribution in [3.63, 3.8) is 0 Å². The number of hydrogen-bond acceptors (Lipinski definition) is 9. The fraction of sp³-hybridized carbons (Fsp3) is 0.769. The molecule has 0 aromatic heterocycles. The molecule has 0 saturated carbocycles. The molecule has 0 radical (unpaired) electrons. The number of hydrogen-bond donors (Lipinski definition) is 2. The predicted octanol–water partition coefficient (Wildman–Crippen LogP) is -2.45. The molecule has 3 aliphatic rings. The summed E-state index contributed by atoms with van der Waals surface area (Å²) in [5.74, 6) is 4.31. The molecule has 2 atom stereocenters. The number of piperidine rings is 1. The van der Waals surface area contributed by atoms with E-state index in [0.29, 0.717) is 36.4 Å². The molecule has 3 N–H and O–H groups in total. The van der Waals surface area contributed by atoms with Gasteiger partial charge in [-0.3, -0.25) is 19.0 Å². The molecule has 0 aliphatic carbocycles. The third-order valence-electron chi connectivity index (χ3n) is 4.75. The van der Waals surface area contributed by atoms with Crippen LogP contribution in [0.25, 0.3) is 0 Å². The minimum absolute atomic E-state index is 0.0241. The molecule has 0 spiro atoms. The Hall–Kier alpha value is -1.84. The van der Waals surface area contributed by atoms with Crippen LogP contribution in [0.15, 0.2) is 0 Å². The normalized spacial score (nSPS) is 26.4. The van der Waals surface area contributed by atoms with Crippen LogP contribution in [0.4, 0.5) is 4.79 Å². The van der Waals surface area contributed by atoms with Crippen LogP contribution in [0.1, 0.15) is 12.8 Å². The van der Waals surface area contributed by atoms with Gasteiger partial charge in [0.1, 0.15) is 6.04 Å². The second-order valence-corrected chi connectivity index (χ2v) is 7.51. The van der Waals surface area contributed by atoms with E-state index in [1.807, 2.05) is 0 Å². The number of imide groups is 1. The molecule has 2 unspecified atom stereocenters. The van der Waals surface area contributed by atoms with Gasteiger partial charge in [0.2, 0.25) is 0 Å². The zero-order valence-corrected chi connectivity index (χ0v) is 15.2. The molecule has 3 rings (SSSR count). The molecule has 2 bridgehead atoms. The van der Waals surface area contributed by atoms with Gasteiger partial charge in [-0.1, -0.05) is 0 Å². The average Bonchev–Trinajstić information content (AvgIpc) is 2.85. The molecule has 0 aromatic carbocycles. The summed E-state index contributed by atoms with van der Waals surface area (Å²) in [6.45, 7) is 2.05. The van der Waals surface area contributed by atoms with Crippen molar-refractivity contribution in [1.82, 2.24) is 19.9 Å². The van der Waals surface area contributed by atoms with E-state index in [1.165, 1.54) is 0 Å². The number of carbonyl (C=O) groups is 3. The van der Waals surface area contributed by atoms with Gasteiger partial charge in [-0.2, -0.15) is 13.5 Å². The zero-order valence-electron chi connectivity index (χ0n) is 14.4. The summed E-state index contributed by atoms with van der Waals surface area (Å²) in [5, 5.41) is 1.03. The highest BCUT2D eigenvalue weighted by atomic mass is 32.3. The molecule has 3 heterocycles. The number of fused-ring (bicyclic) bond motifs is 2. The summed E-state index contributed by atoms with van der Waals surface area (Å²) < 4.78 is 40.1. The quantitative estimate of drug-likeness (QED) is 0.216. The fourth-order valence-corrected chi connectivity index (χ4v) is 3.79. The van der Waals surface area contributed by atoms with Crippen molar-refractivity contribution in [2.24, 2.45) is 5.84 Å². The standard InChI is InChI=1S/C13H21N5O8S/c14-17(11(19)8-15-3-5-25-6-4-15)12(20)10-2-1-9-7-16(10)13(21)18(9)26-27(22,23)24/h9-10H,1-8,14H2,(H,22,23,24). The van der Waals surface area contributed by atoms with Gasteiger partial charge in [0.05, 0.1) is 25.8 Å². The fourth-order valence-electron chi connectivity index (χ4n) is 3.40. The maximum atomic E-state index is 12.6. The van der Waals surface area contributed by atoms with Gasteiger partial charge in [-0.15, -0.1) is 4.28 Å². The second kappa shape index (κ2) is 7.65. The smallest absolute Gasteiger partial charge is 0.379 e. The topological polar surface area (TPSA) is 163 Å². The van der Waals surface area contributed by atoms with Gasteiger partial charge in [0.25, 0.3) is 11.8 Å². The lowest BCUT2D eigenvalue weighted by molar-refractivity contribution is -0.149. The van der Waals surface area contributed by atoms with Crippen molar-refractivity contribution in [2.75, 3.05) is 39.4 Å². The number of nitrogens with zero attached hydrogens (tertiary/aromatic N) is 4. The SMILES string of the molecule is NN(C(=O)CN1CCOCC1)C(=O)C1CCC2CN1C(=O)N2OS(=O)(=O)O. The lowest BCUT2D eigenvalue weighted by atomic mass is 10.00. The van der Waals surface area contributed by atoms with E-state index in [-0.39, 0.29) is 25.9 Å². The molecular weight excluding hydrogens is 386 g/mol. The number of nitrogens with two attached hydrogens (primary N) is 1. The molecule has 4 amide bonds. The highest BCUT2D eigenvalue weighted by Gasteiger charge is 2.50. The highest BCUT2D eigenvalue weighted by molar-refractivity contribution is 7.80. The first-order chi connectivity index (χ1) is 12.7. The summed E-state index contributed by atoms with van der Waals surface area (Å²) in [5.41, 5.74) is 0. The Kier molecular flexibility index (Phi) is 5.64. The number of rotatable bonds is 5. The number of hydrazine groups is 1. The maximum Gasteiger partial charge on any atom is 0.418 e. The Labute approximate surface area is 155 Å². The Morgan fingerprint density at radius 2 is 1.96 bits per heavy atom. The Balaban J connectivity index is 1.63. The van der Waals surface area contributed by atoms with E-state index >= 15 is 0 Å². The predicted molar refractivity (Wildman–Crippen MR) is 86.7 cm³/mol. The van der Waals surface area contributed by atoms with Crippen molar-refractivity contribution in [3.8, 4) is 0 Å². The van der Waals surface area contributed by atoms with Crippen LogP contribution >= 0.6 is 0 Å². The van der Waals surface area contributed by atoms with Crippen LogP contribution in [0.3, 0.4) is 0 Å². The summed E-state index contributed by atoms with van der Waals surface area (Å²) in [7, 11) is -4.87. The molecule has 3 fully saturated rings. The Bertz CT molecular complexity index is 724. The number of carbonyl (C=O) groups excluding carboxylic acids is 3. The summed E-state index contributed by atoms with van der Waals surface area (Å²) in [6.07, 6.45) is 0.429. The lowest BCUT2D eigenvalue weighted by Gasteiger charge is -2.32. The molecule has 152 valence electrons. The average molecular weight is 407 g/mol. The molecule has 0 aromatic rings. The van der Waals surface area contributed by atoms with Crippen LogP contribution < -0.4 is 5.84 Å². The second-order valence-electron chi connectivity index (χ2n) is 6.50. The number of amides is 4. The molecular formula is C13H21N5O8S. The van der Waals surface area contributed by atoms with Crippen molar-refractivity contribution in [3.05, 3.63) is 0 Å². The van der Waals surface area contributed by atoms with E-state index in [2.05, 4.69) is 4.28 Å². The summed E-state index contributed by atoms with van der Waals surface area (Å²) in [6, 6.07) is -2.52. The van der Waals surface area contributed by atoms with Gasteiger partial charge < -0.3 is 9.64 Å². The molecule has 14 heteroatoms. The lowest BCUT2D eigenvalue weighted by Crippen LogP contribution is -2.57. The van der Waals surface area contributed by atoms with Gasteiger partial charge in [-0.05, 0) is 12.8 Å². The van der Waals surface area contributed by atoms with E-state index in [9.17, 15) is 22.8 Å². The minimum atomic E-state index is -4.87. The first-order valence-electron chi connectivity index (χ1n) is 8.36. The van der Waals surface area contributed by atoms with E-state index in [1.54, 1.807) is 4.90 Å². The van der Waals surface area contributed by atoms with Gasteiger partial charge >= 0.3 is 16.4 Å². The van der Waals surface area contributed by atoms with Crippen molar-refractivity contribution >= 4 is 28.2 Å².